The Hall–Kier alpha value is -2.37. The molecule has 0 aliphatic heterocycles. The van der Waals surface area contributed by atoms with Crippen LogP contribution in [0.1, 0.15) is 58.6 Å². The van der Waals surface area contributed by atoms with E-state index >= 15 is 0 Å². The maximum atomic E-state index is 11.8. The van der Waals surface area contributed by atoms with Crippen LogP contribution in [-0.2, 0) is 26.2 Å². The fourth-order valence-corrected chi connectivity index (χ4v) is 2.16. The summed E-state index contributed by atoms with van der Waals surface area (Å²) < 4.78 is 4.90. The van der Waals surface area contributed by atoms with Crippen LogP contribution in [0.5, 0.6) is 0 Å². The predicted octanol–water partition coefficient (Wildman–Crippen LogP) is 3.08. The number of urea groups is 1. The number of carbonyl (C=O) groups excluding carboxylic acids is 3. The molecule has 0 heterocycles. The third-order valence-corrected chi connectivity index (χ3v) is 4.04. The summed E-state index contributed by atoms with van der Waals surface area (Å²) in [7, 11) is 0. The topological polar surface area (TPSA) is 84.5 Å². The van der Waals surface area contributed by atoms with Gasteiger partial charge in [-0.25, -0.2) is 4.79 Å². The molecule has 6 nitrogen and oxygen atoms in total. The Bertz CT molecular complexity index is 618. The summed E-state index contributed by atoms with van der Waals surface area (Å²) in [6.45, 7) is 9.73. The van der Waals surface area contributed by atoms with Gasteiger partial charge in [-0.2, -0.15) is 0 Å². The Morgan fingerprint density at radius 3 is 2.27 bits per heavy atom. The molecule has 0 saturated carbocycles. The minimum absolute atomic E-state index is 0.0324. The van der Waals surface area contributed by atoms with Crippen molar-refractivity contribution in [1.29, 1.82) is 0 Å². The van der Waals surface area contributed by atoms with Gasteiger partial charge >= 0.3 is 12.0 Å². The zero-order chi connectivity index (χ0) is 19.7. The molecule has 1 atom stereocenters. The molecule has 1 aromatic carbocycles. The molecule has 0 aromatic heterocycles. The van der Waals surface area contributed by atoms with Gasteiger partial charge in [-0.05, 0) is 36.3 Å². The normalized spacial score (nSPS) is 12.2. The number of esters is 1. The number of imide groups is 1. The van der Waals surface area contributed by atoms with Crippen LogP contribution in [0, 0.1) is 0 Å². The van der Waals surface area contributed by atoms with E-state index in [0.717, 1.165) is 12.0 Å². The minimum Gasteiger partial charge on any atom is -0.456 e. The first-order chi connectivity index (χ1) is 12.1. The summed E-state index contributed by atoms with van der Waals surface area (Å²) in [4.78, 5) is 34.8. The summed E-state index contributed by atoms with van der Waals surface area (Å²) in [5.74, 6) is -1.11. The molecule has 1 aromatic rings. The largest absolute Gasteiger partial charge is 0.456 e. The summed E-state index contributed by atoms with van der Waals surface area (Å²) in [5.41, 5.74) is 2.36. The monoisotopic (exact) mass is 362 g/mol. The Balaban J connectivity index is 2.32. The number of hydrogen-bond donors (Lipinski definition) is 2. The van der Waals surface area contributed by atoms with Crippen molar-refractivity contribution in [1.82, 2.24) is 10.6 Å². The molecule has 6 heteroatoms. The fourth-order valence-electron chi connectivity index (χ4n) is 2.16. The van der Waals surface area contributed by atoms with Crippen LogP contribution in [0.3, 0.4) is 0 Å². The van der Waals surface area contributed by atoms with Crippen LogP contribution in [-0.4, -0.2) is 30.6 Å². The number of rotatable bonds is 7. The zero-order valence-corrected chi connectivity index (χ0v) is 16.3. The van der Waals surface area contributed by atoms with Crippen LogP contribution in [0.2, 0.25) is 0 Å². The molecule has 0 spiro atoms. The van der Waals surface area contributed by atoms with Crippen molar-refractivity contribution in [3.8, 4) is 0 Å². The molecule has 2 N–H and O–H groups in total. The summed E-state index contributed by atoms with van der Waals surface area (Å²) >= 11 is 0. The van der Waals surface area contributed by atoms with Gasteiger partial charge in [0.1, 0.15) is 0 Å². The molecule has 0 saturated heterocycles. The quantitative estimate of drug-likeness (QED) is 0.730. The van der Waals surface area contributed by atoms with E-state index in [4.69, 9.17) is 4.74 Å². The number of aryl methyl sites for hydroxylation is 1. The van der Waals surface area contributed by atoms with Gasteiger partial charge in [-0.1, -0.05) is 52.0 Å². The molecule has 0 fully saturated rings. The van der Waals surface area contributed by atoms with E-state index in [1.54, 1.807) is 0 Å². The SMILES string of the molecule is CC[C@@H](C)NC(=O)NC(=O)COC(=O)CCc1ccc(C(C)(C)C)cc1. The Kier molecular flexibility index (Phi) is 8.29. The lowest BCUT2D eigenvalue weighted by atomic mass is 9.86. The fraction of sp³-hybridized carbons (Fsp3) is 0.550. The van der Waals surface area contributed by atoms with Gasteiger partial charge in [0.15, 0.2) is 6.61 Å². The maximum absolute atomic E-state index is 11.8. The van der Waals surface area contributed by atoms with Gasteiger partial charge in [-0.15, -0.1) is 0 Å². The first-order valence-electron chi connectivity index (χ1n) is 8.97. The lowest BCUT2D eigenvalue weighted by Crippen LogP contribution is -2.44. The highest BCUT2D eigenvalue weighted by atomic mass is 16.5. The molecule has 144 valence electrons. The highest BCUT2D eigenvalue weighted by molar-refractivity contribution is 5.95. The van der Waals surface area contributed by atoms with Crippen molar-refractivity contribution in [2.45, 2.75) is 65.3 Å². The van der Waals surface area contributed by atoms with Crippen LogP contribution >= 0.6 is 0 Å². The van der Waals surface area contributed by atoms with E-state index < -0.39 is 24.5 Å². The highest BCUT2D eigenvalue weighted by Crippen LogP contribution is 2.22. The van der Waals surface area contributed by atoms with Crippen LogP contribution in [0.25, 0.3) is 0 Å². The summed E-state index contributed by atoms with van der Waals surface area (Å²) in [5, 5.41) is 4.73. The molecule has 1 rings (SSSR count). The smallest absolute Gasteiger partial charge is 0.321 e. The van der Waals surface area contributed by atoms with Crippen LogP contribution in [0.15, 0.2) is 24.3 Å². The average Bonchev–Trinajstić information content (AvgIpc) is 2.57. The highest BCUT2D eigenvalue weighted by Gasteiger charge is 2.14. The molecule has 3 amide bonds. The second kappa shape index (κ2) is 9.94. The molecule has 0 radical (unpaired) electrons. The molecule has 0 unspecified atom stereocenters. The zero-order valence-electron chi connectivity index (χ0n) is 16.3. The minimum atomic E-state index is -0.645. The predicted molar refractivity (Wildman–Crippen MR) is 101 cm³/mol. The lowest BCUT2D eigenvalue weighted by molar-refractivity contribution is -0.148. The van der Waals surface area contributed by atoms with E-state index in [-0.39, 0.29) is 17.9 Å². The van der Waals surface area contributed by atoms with Crippen LogP contribution < -0.4 is 10.6 Å². The molecule has 26 heavy (non-hydrogen) atoms. The molecular weight excluding hydrogens is 332 g/mol. The maximum Gasteiger partial charge on any atom is 0.321 e. The second-order valence-electron chi connectivity index (χ2n) is 7.44. The number of ether oxygens (including phenoxy) is 1. The average molecular weight is 362 g/mol. The number of hydrogen-bond acceptors (Lipinski definition) is 4. The Morgan fingerprint density at radius 1 is 1.12 bits per heavy atom. The first-order valence-corrected chi connectivity index (χ1v) is 8.97. The molecule has 0 aliphatic carbocycles. The van der Waals surface area contributed by atoms with E-state index in [0.29, 0.717) is 6.42 Å². The molecule has 0 bridgehead atoms. The standard InChI is InChI=1S/C20H30N2O4/c1-6-14(2)21-19(25)22-17(23)13-26-18(24)12-9-15-7-10-16(11-8-15)20(3,4)5/h7-8,10-11,14H,6,9,12-13H2,1-5H3,(H2,21,22,23,25)/t14-/m1/s1. The second-order valence-corrected chi connectivity index (χ2v) is 7.44. The van der Waals surface area contributed by atoms with Gasteiger partial charge in [0.25, 0.3) is 5.91 Å². The van der Waals surface area contributed by atoms with Crippen molar-refractivity contribution >= 4 is 17.9 Å². The number of carbonyl (C=O) groups is 3. The lowest BCUT2D eigenvalue weighted by Gasteiger charge is -2.19. The third kappa shape index (κ3) is 8.14. The summed E-state index contributed by atoms with van der Waals surface area (Å²) in [6.07, 6.45) is 1.48. The third-order valence-electron chi connectivity index (χ3n) is 4.04. The Morgan fingerprint density at radius 2 is 1.73 bits per heavy atom. The van der Waals surface area contributed by atoms with Crippen molar-refractivity contribution in [3.63, 3.8) is 0 Å². The van der Waals surface area contributed by atoms with Crippen molar-refractivity contribution in [2.24, 2.45) is 0 Å². The van der Waals surface area contributed by atoms with Crippen molar-refractivity contribution in [3.05, 3.63) is 35.4 Å². The number of benzene rings is 1. The number of amides is 3. The van der Waals surface area contributed by atoms with Crippen molar-refractivity contribution in [2.75, 3.05) is 6.61 Å². The number of nitrogens with one attached hydrogen (secondary N) is 2. The van der Waals surface area contributed by atoms with Crippen LogP contribution in [0.4, 0.5) is 4.79 Å². The van der Waals surface area contributed by atoms with Gasteiger partial charge in [0.05, 0.1) is 0 Å². The first kappa shape index (κ1) is 21.7. The van der Waals surface area contributed by atoms with Gasteiger partial charge in [-0.3, -0.25) is 14.9 Å². The molecule has 0 aliphatic rings. The van der Waals surface area contributed by atoms with E-state index in [1.165, 1.54) is 5.56 Å². The van der Waals surface area contributed by atoms with Gasteiger partial charge < -0.3 is 10.1 Å². The van der Waals surface area contributed by atoms with E-state index in [9.17, 15) is 14.4 Å². The van der Waals surface area contributed by atoms with E-state index in [1.807, 2.05) is 26.0 Å². The van der Waals surface area contributed by atoms with Crippen molar-refractivity contribution < 1.29 is 19.1 Å². The molecular formula is C20H30N2O4. The summed E-state index contributed by atoms with van der Waals surface area (Å²) in [6, 6.07) is 7.50. The Labute approximate surface area is 155 Å². The van der Waals surface area contributed by atoms with E-state index in [2.05, 4.69) is 43.5 Å². The van der Waals surface area contributed by atoms with Gasteiger partial charge in [0.2, 0.25) is 0 Å². The van der Waals surface area contributed by atoms with Gasteiger partial charge in [0, 0.05) is 12.5 Å².